The Hall–Kier alpha value is -1.64. The van der Waals surface area contributed by atoms with Gasteiger partial charge in [0.2, 0.25) is 11.5 Å². The van der Waals surface area contributed by atoms with Crippen molar-refractivity contribution in [1.29, 1.82) is 0 Å². The third kappa shape index (κ3) is 2.54. The fourth-order valence-corrected chi connectivity index (χ4v) is 1.73. The number of carbonyl (C=O) groups is 1. The molecule has 1 aromatic carbocycles. The van der Waals surface area contributed by atoms with Gasteiger partial charge in [0.25, 0.3) is 5.91 Å². The number of nitrogens with two attached hydrogens (primary N) is 1. The highest BCUT2D eigenvalue weighted by Gasteiger charge is 2.16. The lowest BCUT2D eigenvalue weighted by Gasteiger charge is -2.05. The minimum atomic E-state index is -0.441. The second-order valence-corrected chi connectivity index (χ2v) is 4.58. The van der Waals surface area contributed by atoms with E-state index in [9.17, 15) is 4.79 Å². The number of nitrogens with one attached hydrogen (secondary N) is 1. The molecule has 0 unspecified atom stereocenters. The zero-order chi connectivity index (χ0) is 12.4. The summed E-state index contributed by atoms with van der Waals surface area (Å²) in [6, 6.07) is 5.58. The van der Waals surface area contributed by atoms with Crippen LogP contribution in [0.1, 0.15) is 16.1 Å². The molecule has 1 aromatic heterocycles. The van der Waals surface area contributed by atoms with Crippen molar-refractivity contribution in [2.24, 2.45) is 0 Å². The Kier molecular flexibility index (Phi) is 3.27. The normalized spacial score (nSPS) is 10.2. The molecule has 0 saturated carbocycles. The Labute approximate surface area is 111 Å². The van der Waals surface area contributed by atoms with E-state index < -0.39 is 5.91 Å². The van der Waals surface area contributed by atoms with Gasteiger partial charge >= 0.3 is 0 Å². The fourth-order valence-electron chi connectivity index (χ4n) is 1.21. The summed E-state index contributed by atoms with van der Waals surface area (Å²) in [6.07, 6.45) is 0. The Morgan fingerprint density at radius 2 is 2.24 bits per heavy atom. The monoisotopic (exact) mass is 344 g/mol. The van der Waals surface area contributed by atoms with Crippen molar-refractivity contribution in [2.45, 2.75) is 6.92 Å². The molecule has 6 nitrogen and oxygen atoms in total. The number of carbonyl (C=O) groups excluding carboxylic acids is 1. The summed E-state index contributed by atoms with van der Waals surface area (Å²) < 4.78 is 5.42. The zero-order valence-electron chi connectivity index (χ0n) is 8.90. The highest BCUT2D eigenvalue weighted by atomic mass is 127. The molecule has 2 aromatic rings. The van der Waals surface area contributed by atoms with Gasteiger partial charge in [-0.2, -0.15) is 0 Å². The fraction of sp³-hybridized carbons (Fsp3) is 0.100. The first kappa shape index (κ1) is 11.8. The molecule has 7 heteroatoms. The van der Waals surface area contributed by atoms with Crippen molar-refractivity contribution in [1.82, 2.24) is 10.3 Å². The second-order valence-electron chi connectivity index (χ2n) is 3.42. The first-order chi connectivity index (χ1) is 8.08. The van der Waals surface area contributed by atoms with Crippen LogP contribution in [0.25, 0.3) is 0 Å². The van der Waals surface area contributed by atoms with Gasteiger partial charge in [-0.1, -0.05) is 6.07 Å². The predicted molar refractivity (Wildman–Crippen MR) is 70.6 cm³/mol. The quantitative estimate of drug-likeness (QED) is 0.811. The van der Waals surface area contributed by atoms with Crippen molar-refractivity contribution in [3.05, 3.63) is 33.0 Å². The molecule has 0 bridgehead atoms. The van der Waals surface area contributed by atoms with Crippen LogP contribution in [0.2, 0.25) is 0 Å². The average molecular weight is 344 g/mol. The molecule has 0 aliphatic heterocycles. The minimum absolute atomic E-state index is 0.0133. The Morgan fingerprint density at radius 3 is 2.82 bits per heavy atom. The summed E-state index contributed by atoms with van der Waals surface area (Å²) in [5.74, 6) is -0.465. The predicted octanol–water partition coefficient (Wildman–Crippen LogP) is 1.82. The molecule has 0 fully saturated rings. The molecule has 88 valence electrons. The molecule has 0 spiro atoms. The second kappa shape index (κ2) is 4.70. The number of halogens is 1. The van der Waals surface area contributed by atoms with E-state index in [1.165, 1.54) is 0 Å². The molecule has 0 atom stereocenters. The van der Waals surface area contributed by atoms with Crippen LogP contribution < -0.4 is 11.1 Å². The SMILES string of the molecule is Cc1ccc(NC(=O)c2nonc2N)cc1I. The third-order valence-electron chi connectivity index (χ3n) is 2.16. The number of anilines is 2. The minimum Gasteiger partial charge on any atom is -0.379 e. The molecule has 3 N–H and O–H groups in total. The lowest BCUT2D eigenvalue weighted by Crippen LogP contribution is -2.14. The van der Waals surface area contributed by atoms with Crippen molar-refractivity contribution in [2.75, 3.05) is 11.1 Å². The number of hydrogen-bond acceptors (Lipinski definition) is 5. The molecular formula is C10H9IN4O2. The summed E-state index contributed by atoms with van der Waals surface area (Å²) in [7, 11) is 0. The number of nitrogens with zero attached hydrogens (tertiary/aromatic N) is 2. The van der Waals surface area contributed by atoms with E-state index in [0.29, 0.717) is 5.69 Å². The number of aromatic nitrogens is 2. The van der Waals surface area contributed by atoms with E-state index in [1.54, 1.807) is 6.07 Å². The smallest absolute Gasteiger partial charge is 0.281 e. The summed E-state index contributed by atoms with van der Waals surface area (Å²) in [6.45, 7) is 1.99. The molecule has 1 heterocycles. The van der Waals surface area contributed by atoms with Gasteiger partial charge in [-0.15, -0.1) is 0 Å². The maximum absolute atomic E-state index is 11.7. The van der Waals surface area contributed by atoms with E-state index in [1.807, 2.05) is 19.1 Å². The number of aryl methyl sites for hydroxylation is 1. The largest absolute Gasteiger partial charge is 0.379 e. The number of hydrogen-bond donors (Lipinski definition) is 2. The molecule has 0 aliphatic carbocycles. The van der Waals surface area contributed by atoms with Gasteiger partial charge in [-0.25, -0.2) is 4.63 Å². The molecular weight excluding hydrogens is 335 g/mol. The van der Waals surface area contributed by atoms with E-state index >= 15 is 0 Å². The standard InChI is InChI=1S/C10H9IN4O2/c1-5-2-3-6(4-7(5)11)13-10(16)8-9(12)15-17-14-8/h2-4H,1H3,(H2,12,15)(H,13,16). The van der Waals surface area contributed by atoms with Crippen LogP contribution in [0, 0.1) is 10.5 Å². The number of nitrogen functional groups attached to an aromatic ring is 1. The van der Waals surface area contributed by atoms with Crippen molar-refractivity contribution in [3.8, 4) is 0 Å². The maximum atomic E-state index is 11.7. The van der Waals surface area contributed by atoms with Gasteiger partial charge in [-0.05, 0) is 57.5 Å². The van der Waals surface area contributed by atoms with Gasteiger partial charge in [-0.3, -0.25) is 4.79 Å². The highest BCUT2D eigenvalue weighted by molar-refractivity contribution is 14.1. The molecule has 0 saturated heterocycles. The average Bonchev–Trinajstić information content (AvgIpc) is 2.70. The van der Waals surface area contributed by atoms with Crippen LogP contribution in [0.3, 0.4) is 0 Å². The van der Waals surface area contributed by atoms with Crippen LogP contribution in [0.15, 0.2) is 22.8 Å². The van der Waals surface area contributed by atoms with E-state index in [0.717, 1.165) is 9.13 Å². The van der Waals surface area contributed by atoms with Crippen LogP contribution >= 0.6 is 22.6 Å². The number of benzene rings is 1. The maximum Gasteiger partial charge on any atom is 0.281 e. The van der Waals surface area contributed by atoms with Crippen molar-refractivity contribution in [3.63, 3.8) is 0 Å². The molecule has 0 radical (unpaired) electrons. The van der Waals surface area contributed by atoms with Gasteiger partial charge in [0.05, 0.1) is 0 Å². The van der Waals surface area contributed by atoms with Gasteiger partial charge < -0.3 is 11.1 Å². The Morgan fingerprint density at radius 1 is 1.47 bits per heavy atom. The first-order valence-corrected chi connectivity index (χ1v) is 5.81. The lowest BCUT2D eigenvalue weighted by atomic mass is 10.2. The summed E-state index contributed by atoms with van der Waals surface area (Å²) in [5, 5.41) is 9.43. The van der Waals surface area contributed by atoms with Crippen LogP contribution in [0.5, 0.6) is 0 Å². The highest BCUT2D eigenvalue weighted by Crippen LogP contribution is 2.18. The van der Waals surface area contributed by atoms with Crippen LogP contribution in [0.4, 0.5) is 11.5 Å². The summed E-state index contributed by atoms with van der Waals surface area (Å²) >= 11 is 2.19. The first-order valence-electron chi connectivity index (χ1n) is 4.73. The van der Waals surface area contributed by atoms with Crippen molar-refractivity contribution < 1.29 is 9.42 Å². The van der Waals surface area contributed by atoms with Gasteiger partial charge in [0, 0.05) is 9.26 Å². The number of rotatable bonds is 2. The summed E-state index contributed by atoms with van der Waals surface area (Å²) in [5.41, 5.74) is 7.22. The van der Waals surface area contributed by atoms with Gasteiger partial charge in [0.1, 0.15) is 0 Å². The molecule has 2 rings (SSSR count). The van der Waals surface area contributed by atoms with Crippen molar-refractivity contribution >= 4 is 40.0 Å². The molecule has 0 aliphatic rings. The Balaban J connectivity index is 2.19. The topological polar surface area (TPSA) is 94.0 Å². The van der Waals surface area contributed by atoms with E-state index in [-0.39, 0.29) is 11.5 Å². The lowest BCUT2D eigenvalue weighted by molar-refractivity contribution is 0.101. The third-order valence-corrected chi connectivity index (χ3v) is 3.32. The van der Waals surface area contributed by atoms with Crippen LogP contribution in [-0.4, -0.2) is 16.2 Å². The van der Waals surface area contributed by atoms with Gasteiger partial charge in [0.15, 0.2) is 0 Å². The van der Waals surface area contributed by atoms with E-state index in [4.69, 9.17) is 5.73 Å². The Bertz CT molecular complexity index is 567. The zero-order valence-corrected chi connectivity index (χ0v) is 11.1. The number of amides is 1. The molecule has 17 heavy (non-hydrogen) atoms. The molecule has 1 amide bonds. The summed E-state index contributed by atoms with van der Waals surface area (Å²) in [4.78, 5) is 11.7. The van der Waals surface area contributed by atoms with Crippen LogP contribution in [-0.2, 0) is 0 Å². The van der Waals surface area contributed by atoms with E-state index in [2.05, 4.69) is 42.9 Å².